The van der Waals surface area contributed by atoms with Crippen LogP contribution in [0.15, 0.2) is 42.6 Å². The second-order valence-corrected chi connectivity index (χ2v) is 6.27. The lowest BCUT2D eigenvalue weighted by atomic mass is 10.3. The minimum atomic E-state index is -0.334. The van der Waals surface area contributed by atoms with Crippen LogP contribution < -0.4 is 5.32 Å². The van der Waals surface area contributed by atoms with E-state index in [0.717, 1.165) is 10.6 Å². The van der Waals surface area contributed by atoms with E-state index in [1.54, 1.807) is 28.0 Å². The molecular weight excluding hydrogens is 312 g/mol. The van der Waals surface area contributed by atoms with E-state index >= 15 is 0 Å². The number of aromatic nitrogens is 5. The van der Waals surface area contributed by atoms with E-state index in [9.17, 15) is 4.79 Å². The van der Waals surface area contributed by atoms with Crippen LogP contribution in [-0.2, 0) is 0 Å². The Bertz CT molecular complexity index is 998. The summed E-state index contributed by atoms with van der Waals surface area (Å²) >= 11 is 1.64. The van der Waals surface area contributed by atoms with Crippen LogP contribution in [0.3, 0.4) is 0 Å². The second-order valence-electron chi connectivity index (χ2n) is 4.98. The first-order valence-electron chi connectivity index (χ1n) is 6.94. The van der Waals surface area contributed by atoms with E-state index in [1.165, 1.54) is 4.88 Å². The lowest BCUT2D eigenvalue weighted by Crippen LogP contribution is -2.14. The van der Waals surface area contributed by atoms with Crippen molar-refractivity contribution >= 4 is 28.8 Å². The first-order valence-corrected chi connectivity index (χ1v) is 7.76. The Morgan fingerprint density at radius 2 is 2.17 bits per heavy atom. The Morgan fingerprint density at radius 1 is 1.26 bits per heavy atom. The Labute approximate surface area is 135 Å². The van der Waals surface area contributed by atoms with E-state index < -0.39 is 0 Å². The van der Waals surface area contributed by atoms with Crippen molar-refractivity contribution in [3.8, 4) is 10.6 Å². The molecule has 0 aromatic carbocycles. The molecule has 0 spiro atoms. The summed E-state index contributed by atoms with van der Waals surface area (Å²) in [6.45, 7) is 2.04. The number of H-pyrrole nitrogens is 1. The summed E-state index contributed by atoms with van der Waals surface area (Å²) in [6, 6.07) is 11.3. The van der Waals surface area contributed by atoms with Crippen molar-refractivity contribution in [3.63, 3.8) is 0 Å². The molecule has 0 fully saturated rings. The van der Waals surface area contributed by atoms with Crippen LogP contribution in [0.4, 0.5) is 5.95 Å². The molecule has 0 aliphatic heterocycles. The van der Waals surface area contributed by atoms with E-state index in [1.807, 2.05) is 37.3 Å². The van der Waals surface area contributed by atoms with E-state index in [2.05, 4.69) is 25.7 Å². The van der Waals surface area contributed by atoms with Gasteiger partial charge in [-0.1, -0.05) is 6.07 Å². The number of nitrogens with one attached hydrogen (secondary N) is 2. The number of rotatable bonds is 3. The van der Waals surface area contributed by atoms with Gasteiger partial charge in [0.05, 0.1) is 10.6 Å². The van der Waals surface area contributed by atoms with Crippen molar-refractivity contribution in [1.29, 1.82) is 0 Å². The maximum atomic E-state index is 12.3. The van der Waals surface area contributed by atoms with E-state index in [-0.39, 0.29) is 5.91 Å². The summed E-state index contributed by atoms with van der Waals surface area (Å²) in [7, 11) is 0. The first kappa shape index (κ1) is 13.6. The number of thiophene rings is 1. The summed E-state index contributed by atoms with van der Waals surface area (Å²) < 4.78 is 1.70. The number of aryl methyl sites for hydroxylation is 1. The predicted molar refractivity (Wildman–Crippen MR) is 87.6 cm³/mol. The summed E-state index contributed by atoms with van der Waals surface area (Å²) in [4.78, 5) is 14.6. The van der Waals surface area contributed by atoms with Crippen LogP contribution in [0.5, 0.6) is 0 Å². The lowest BCUT2D eigenvalue weighted by molar-refractivity contribution is 0.102. The third-order valence-corrected chi connectivity index (χ3v) is 4.39. The molecule has 0 aliphatic rings. The molecule has 4 heterocycles. The van der Waals surface area contributed by atoms with Gasteiger partial charge in [0.25, 0.3) is 5.91 Å². The number of fused-ring (bicyclic) bond motifs is 1. The zero-order chi connectivity index (χ0) is 15.8. The van der Waals surface area contributed by atoms with Gasteiger partial charge in [0.2, 0.25) is 5.95 Å². The van der Waals surface area contributed by atoms with Gasteiger partial charge in [0, 0.05) is 11.1 Å². The predicted octanol–water partition coefficient (Wildman–Crippen LogP) is 2.74. The third kappa shape index (κ3) is 2.49. The van der Waals surface area contributed by atoms with Crippen LogP contribution in [-0.4, -0.2) is 30.7 Å². The molecular formula is C15H12N6OS. The fourth-order valence-corrected chi connectivity index (χ4v) is 3.07. The van der Waals surface area contributed by atoms with Gasteiger partial charge >= 0.3 is 0 Å². The van der Waals surface area contributed by atoms with Gasteiger partial charge in [-0.2, -0.15) is 5.10 Å². The van der Waals surface area contributed by atoms with Crippen LogP contribution in [0.2, 0.25) is 0 Å². The van der Waals surface area contributed by atoms with Crippen molar-refractivity contribution in [2.45, 2.75) is 6.92 Å². The topological polar surface area (TPSA) is 88.0 Å². The number of amides is 1. The molecule has 0 saturated heterocycles. The number of carbonyl (C=O) groups excluding carboxylic acids is 1. The zero-order valence-electron chi connectivity index (χ0n) is 12.1. The fourth-order valence-electron chi connectivity index (χ4n) is 2.24. The second kappa shape index (κ2) is 5.33. The highest BCUT2D eigenvalue weighted by atomic mass is 32.1. The zero-order valence-corrected chi connectivity index (χ0v) is 13.0. The molecule has 2 N–H and O–H groups in total. The number of hydrogen-bond donors (Lipinski definition) is 2. The SMILES string of the molecule is Cc1ccc(-c2cc(C(=O)Nc3nnc4ccccn34)n[nH]2)s1. The molecule has 0 bridgehead atoms. The molecule has 0 saturated carbocycles. The highest BCUT2D eigenvalue weighted by molar-refractivity contribution is 7.15. The van der Waals surface area contributed by atoms with Gasteiger partial charge in [-0.05, 0) is 37.3 Å². The lowest BCUT2D eigenvalue weighted by Gasteiger charge is -2.00. The van der Waals surface area contributed by atoms with Crippen LogP contribution in [0.1, 0.15) is 15.4 Å². The Morgan fingerprint density at radius 3 is 3.00 bits per heavy atom. The molecule has 1 amide bonds. The highest BCUT2D eigenvalue weighted by Crippen LogP contribution is 2.26. The van der Waals surface area contributed by atoms with Crippen LogP contribution in [0, 0.1) is 6.92 Å². The Kier molecular flexibility index (Phi) is 3.16. The maximum Gasteiger partial charge on any atom is 0.278 e. The van der Waals surface area contributed by atoms with Crippen molar-refractivity contribution in [1.82, 2.24) is 24.8 Å². The first-order chi connectivity index (χ1) is 11.2. The third-order valence-electron chi connectivity index (χ3n) is 3.36. The van der Waals surface area contributed by atoms with Crippen LogP contribution >= 0.6 is 11.3 Å². The van der Waals surface area contributed by atoms with Gasteiger partial charge < -0.3 is 0 Å². The standard InChI is InChI=1S/C15H12N6OS/c1-9-5-6-12(23-9)10-8-11(18-17-10)14(22)16-15-20-19-13-4-2-3-7-21(13)15/h2-8H,1H3,(H,17,18)(H,16,20,22). The summed E-state index contributed by atoms with van der Waals surface area (Å²) in [5, 5.41) is 17.7. The molecule has 8 heteroatoms. The maximum absolute atomic E-state index is 12.3. The van der Waals surface area contributed by atoms with Crippen molar-refractivity contribution in [2.75, 3.05) is 5.32 Å². The van der Waals surface area contributed by atoms with Crippen molar-refractivity contribution in [3.05, 3.63) is 53.2 Å². The number of aromatic amines is 1. The van der Waals surface area contributed by atoms with E-state index in [4.69, 9.17) is 0 Å². The molecule has 0 unspecified atom stereocenters. The summed E-state index contributed by atoms with van der Waals surface area (Å²) in [5.74, 6) is 0.0287. The molecule has 0 radical (unpaired) electrons. The molecule has 7 nitrogen and oxygen atoms in total. The fraction of sp³-hybridized carbons (Fsp3) is 0.0667. The van der Waals surface area contributed by atoms with Crippen molar-refractivity contribution < 1.29 is 4.79 Å². The van der Waals surface area contributed by atoms with Gasteiger partial charge in [0.15, 0.2) is 11.3 Å². The molecule has 114 valence electrons. The number of pyridine rings is 1. The number of carbonyl (C=O) groups is 1. The van der Waals surface area contributed by atoms with Crippen molar-refractivity contribution in [2.24, 2.45) is 0 Å². The van der Waals surface area contributed by atoms with E-state index in [0.29, 0.717) is 17.3 Å². The number of hydrogen-bond acceptors (Lipinski definition) is 5. The summed E-state index contributed by atoms with van der Waals surface area (Å²) in [5.41, 5.74) is 1.79. The largest absolute Gasteiger partial charge is 0.289 e. The smallest absolute Gasteiger partial charge is 0.278 e. The minimum absolute atomic E-state index is 0.304. The Hall–Kier alpha value is -3.00. The summed E-state index contributed by atoms with van der Waals surface area (Å²) in [6.07, 6.45) is 1.79. The molecule has 4 rings (SSSR count). The monoisotopic (exact) mass is 324 g/mol. The molecule has 4 aromatic heterocycles. The van der Waals surface area contributed by atoms with Gasteiger partial charge in [0.1, 0.15) is 0 Å². The average Bonchev–Trinajstić information content (AvgIpc) is 3.27. The van der Waals surface area contributed by atoms with Gasteiger partial charge in [-0.15, -0.1) is 21.5 Å². The molecule has 0 atom stereocenters. The van der Waals surface area contributed by atoms with Gasteiger partial charge in [-0.3, -0.25) is 19.6 Å². The van der Waals surface area contributed by atoms with Crippen LogP contribution in [0.25, 0.3) is 16.2 Å². The molecule has 0 aliphatic carbocycles. The highest BCUT2D eigenvalue weighted by Gasteiger charge is 2.15. The quantitative estimate of drug-likeness (QED) is 0.606. The minimum Gasteiger partial charge on any atom is -0.289 e. The number of anilines is 1. The number of nitrogens with zero attached hydrogens (tertiary/aromatic N) is 4. The Balaban J connectivity index is 1.59. The average molecular weight is 324 g/mol. The molecule has 23 heavy (non-hydrogen) atoms. The molecule has 4 aromatic rings. The normalized spacial score (nSPS) is 11.0. The van der Waals surface area contributed by atoms with Gasteiger partial charge in [-0.25, -0.2) is 0 Å².